The zero-order valence-electron chi connectivity index (χ0n) is 19.7. The number of carbonyl (C=O) groups excluding carboxylic acids is 1. The average molecular weight is 488 g/mol. The van der Waals surface area contributed by atoms with Gasteiger partial charge in [0.2, 0.25) is 11.1 Å². The van der Waals surface area contributed by atoms with Gasteiger partial charge in [-0.1, -0.05) is 17.8 Å². The second-order valence-electron chi connectivity index (χ2n) is 7.62. The molecule has 0 spiro atoms. The number of rotatable bonds is 9. The number of benzene rings is 2. The van der Waals surface area contributed by atoms with E-state index >= 15 is 0 Å². The Bertz CT molecular complexity index is 1280. The normalized spacial score (nSPS) is 10.6. The van der Waals surface area contributed by atoms with Gasteiger partial charge in [0.1, 0.15) is 28.7 Å². The predicted molar refractivity (Wildman–Crippen MR) is 137 cm³/mol. The first-order valence-corrected chi connectivity index (χ1v) is 11.9. The summed E-state index contributed by atoms with van der Waals surface area (Å²) in [5, 5.41) is 12.1. The fourth-order valence-corrected chi connectivity index (χ4v) is 3.97. The summed E-state index contributed by atoms with van der Waals surface area (Å²) in [6.07, 6.45) is 2.01. The molecular formula is C26H25N5O3S. The van der Waals surface area contributed by atoms with Crippen LogP contribution in [0.2, 0.25) is 0 Å². The third-order valence-electron chi connectivity index (χ3n) is 5.13. The van der Waals surface area contributed by atoms with Gasteiger partial charge in [0.25, 0.3) is 0 Å². The van der Waals surface area contributed by atoms with Crippen LogP contribution in [0, 0.1) is 6.92 Å². The van der Waals surface area contributed by atoms with E-state index in [-0.39, 0.29) is 5.91 Å². The van der Waals surface area contributed by atoms with Crippen LogP contribution in [-0.4, -0.2) is 46.0 Å². The van der Waals surface area contributed by atoms with E-state index in [4.69, 9.17) is 14.5 Å². The minimum atomic E-state index is -0.118. The van der Waals surface area contributed by atoms with Crippen molar-refractivity contribution in [3.63, 3.8) is 0 Å². The summed E-state index contributed by atoms with van der Waals surface area (Å²) in [6, 6.07) is 18.9. The van der Waals surface area contributed by atoms with Gasteiger partial charge < -0.3 is 14.8 Å². The number of pyridine rings is 1. The van der Waals surface area contributed by atoms with Crippen molar-refractivity contribution in [3.05, 3.63) is 72.4 Å². The number of anilines is 1. The van der Waals surface area contributed by atoms with Crippen LogP contribution in [0.4, 0.5) is 5.82 Å². The first kappa shape index (κ1) is 24.2. The largest absolute Gasteiger partial charge is 0.497 e. The lowest BCUT2D eigenvalue weighted by Gasteiger charge is -2.11. The van der Waals surface area contributed by atoms with Crippen LogP contribution in [0.3, 0.4) is 0 Å². The molecule has 0 atom stereocenters. The number of nitrogens with one attached hydrogen (secondary N) is 1. The lowest BCUT2D eigenvalue weighted by molar-refractivity contribution is -0.115. The zero-order chi connectivity index (χ0) is 24.6. The lowest BCUT2D eigenvalue weighted by Crippen LogP contribution is -2.13. The summed E-state index contributed by atoms with van der Waals surface area (Å²) in [4.78, 5) is 21.3. The average Bonchev–Trinajstić information content (AvgIpc) is 2.90. The standard InChI is InChI=1S/C26H25N5O3S/c1-17-4-13-22(27-16-17)28-23(32)14-15-35-26-29-24(18-5-9-20(33-2)10-6-18)25(30-31-26)19-7-11-21(34-3)12-8-19/h4-13,16H,14-15H2,1-3H3,(H,27,28,32). The number of methoxy groups -OCH3 is 2. The maximum absolute atomic E-state index is 12.3. The number of nitrogens with zero attached hydrogens (tertiary/aromatic N) is 4. The third-order valence-corrected chi connectivity index (χ3v) is 5.97. The van der Waals surface area contributed by atoms with Crippen molar-refractivity contribution in [1.82, 2.24) is 20.2 Å². The molecule has 8 nitrogen and oxygen atoms in total. The number of aryl methyl sites for hydroxylation is 1. The Morgan fingerprint density at radius 3 is 2.06 bits per heavy atom. The first-order valence-electron chi connectivity index (χ1n) is 10.9. The Labute approximate surface area is 208 Å². The Kier molecular flexibility index (Phi) is 7.89. The smallest absolute Gasteiger partial charge is 0.226 e. The molecule has 0 bridgehead atoms. The second kappa shape index (κ2) is 11.4. The highest BCUT2D eigenvalue weighted by molar-refractivity contribution is 7.99. The molecule has 2 aromatic carbocycles. The monoisotopic (exact) mass is 487 g/mol. The van der Waals surface area contributed by atoms with E-state index in [2.05, 4.69) is 20.5 Å². The van der Waals surface area contributed by atoms with Crippen molar-refractivity contribution in [3.8, 4) is 34.0 Å². The van der Waals surface area contributed by atoms with Crippen LogP contribution in [0.15, 0.2) is 72.0 Å². The lowest BCUT2D eigenvalue weighted by atomic mass is 10.0. The van der Waals surface area contributed by atoms with Crippen molar-refractivity contribution in [2.75, 3.05) is 25.3 Å². The van der Waals surface area contributed by atoms with Gasteiger partial charge in [-0.05, 0) is 67.1 Å². The van der Waals surface area contributed by atoms with Gasteiger partial charge in [-0.2, -0.15) is 0 Å². The fourth-order valence-electron chi connectivity index (χ4n) is 3.25. The van der Waals surface area contributed by atoms with Crippen LogP contribution in [0.25, 0.3) is 22.5 Å². The molecule has 1 N–H and O–H groups in total. The van der Waals surface area contributed by atoms with Gasteiger partial charge in [-0.3, -0.25) is 4.79 Å². The SMILES string of the molecule is COc1ccc(-c2nnc(SCCC(=O)Nc3ccc(C)cn3)nc2-c2ccc(OC)cc2)cc1. The van der Waals surface area contributed by atoms with Crippen LogP contribution >= 0.6 is 11.8 Å². The Hall–Kier alpha value is -3.98. The molecule has 4 aromatic rings. The minimum Gasteiger partial charge on any atom is -0.497 e. The third kappa shape index (κ3) is 6.33. The molecule has 9 heteroatoms. The van der Waals surface area contributed by atoms with Gasteiger partial charge in [-0.25, -0.2) is 9.97 Å². The van der Waals surface area contributed by atoms with Crippen LogP contribution in [0.1, 0.15) is 12.0 Å². The van der Waals surface area contributed by atoms with Crippen molar-refractivity contribution < 1.29 is 14.3 Å². The van der Waals surface area contributed by atoms with E-state index in [1.165, 1.54) is 11.8 Å². The molecule has 35 heavy (non-hydrogen) atoms. The number of aromatic nitrogens is 4. The highest BCUT2D eigenvalue weighted by Crippen LogP contribution is 2.32. The van der Waals surface area contributed by atoms with Crippen molar-refractivity contribution >= 4 is 23.5 Å². The van der Waals surface area contributed by atoms with Gasteiger partial charge in [-0.15, -0.1) is 10.2 Å². The number of hydrogen-bond donors (Lipinski definition) is 1. The maximum Gasteiger partial charge on any atom is 0.226 e. The maximum atomic E-state index is 12.3. The van der Waals surface area contributed by atoms with Crippen molar-refractivity contribution in [2.45, 2.75) is 18.5 Å². The molecule has 0 radical (unpaired) electrons. The van der Waals surface area contributed by atoms with E-state index in [0.29, 0.717) is 34.5 Å². The van der Waals surface area contributed by atoms with Gasteiger partial charge in [0.05, 0.1) is 14.2 Å². The molecule has 1 amide bonds. The Morgan fingerprint density at radius 2 is 1.49 bits per heavy atom. The highest BCUT2D eigenvalue weighted by Gasteiger charge is 2.15. The quantitative estimate of drug-likeness (QED) is 0.328. The summed E-state index contributed by atoms with van der Waals surface area (Å²) in [5.74, 6) is 2.43. The van der Waals surface area contributed by atoms with E-state index < -0.39 is 0 Å². The van der Waals surface area contributed by atoms with Crippen molar-refractivity contribution in [2.24, 2.45) is 0 Å². The van der Waals surface area contributed by atoms with Gasteiger partial charge in [0, 0.05) is 29.5 Å². The number of ether oxygens (including phenoxy) is 2. The molecule has 0 aliphatic heterocycles. The van der Waals surface area contributed by atoms with Gasteiger partial charge in [0.15, 0.2) is 0 Å². The van der Waals surface area contributed by atoms with E-state index in [0.717, 1.165) is 28.2 Å². The summed E-state index contributed by atoms with van der Waals surface area (Å²) < 4.78 is 10.5. The van der Waals surface area contributed by atoms with E-state index in [9.17, 15) is 4.79 Å². The van der Waals surface area contributed by atoms with Crippen LogP contribution in [0.5, 0.6) is 11.5 Å². The van der Waals surface area contributed by atoms with Gasteiger partial charge >= 0.3 is 0 Å². The summed E-state index contributed by atoms with van der Waals surface area (Å²) in [7, 11) is 3.26. The predicted octanol–water partition coefficient (Wildman–Crippen LogP) is 5.05. The Balaban J connectivity index is 1.51. The Morgan fingerprint density at radius 1 is 0.857 bits per heavy atom. The molecule has 2 aromatic heterocycles. The molecule has 0 aliphatic carbocycles. The number of hydrogen-bond acceptors (Lipinski definition) is 8. The highest BCUT2D eigenvalue weighted by atomic mass is 32.2. The fraction of sp³-hybridized carbons (Fsp3) is 0.192. The molecule has 0 fully saturated rings. The van der Waals surface area contributed by atoms with E-state index in [1.54, 1.807) is 26.5 Å². The topological polar surface area (TPSA) is 99.1 Å². The molecule has 0 aliphatic rings. The molecule has 0 saturated heterocycles. The number of carbonyl (C=O) groups is 1. The zero-order valence-corrected chi connectivity index (χ0v) is 20.5. The number of amides is 1. The van der Waals surface area contributed by atoms with Crippen LogP contribution < -0.4 is 14.8 Å². The molecule has 0 saturated carbocycles. The van der Waals surface area contributed by atoms with Crippen LogP contribution in [-0.2, 0) is 4.79 Å². The number of thioether (sulfide) groups is 1. The molecular weight excluding hydrogens is 462 g/mol. The minimum absolute atomic E-state index is 0.118. The summed E-state index contributed by atoms with van der Waals surface area (Å²) in [5.41, 5.74) is 4.15. The summed E-state index contributed by atoms with van der Waals surface area (Å²) >= 11 is 1.38. The molecule has 178 valence electrons. The molecule has 0 unspecified atom stereocenters. The second-order valence-corrected chi connectivity index (χ2v) is 8.68. The summed E-state index contributed by atoms with van der Waals surface area (Å²) in [6.45, 7) is 1.95. The molecule has 4 rings (SSSR count). The molecule has 2 heterocycles. The first-order chi connectivity index (χ1) is 17.1. The van der Waals surface area contributed by atoms with E-state index in [1.807, 2.05) is 61.5 Å². The van der Waals surface area contributed by atoms with Crippen molar-refractivity contribution in [1.29, 1.82) is 0 Å².